The third-order valence-corrected chi connectivity index (χ3v) is 5.17. The Morgan fingerprint density at radius 1 is 1.27 bits per heavy atom. The molecule has 0 saturated carbocycles. The first-order valence-electron chi connectivity index (χ1n) is 9.36. The van der Waals surface area contributed by atoms with Crippen molar-refractivity contribution in [3.8, 4) is 0 Å². The van der Waals surface area contributed by atoms with Crippen LogP contribution in [0.4, 0.5) is 0 Å². The van der Waals surface area contributed by atoms with E-state index in [1.165, 1.54) is 5.57 Å². The first-order chi connectivity index (χ1) is 12.5. The van der Waals surface area contributed by atoms with Crippen molar-refractivity contribution < 1.29 is 14.6 Å². The summed E-state index contributed by atoms with van der Waals surface area (Å²) >= 11 is 6.46. The molecule has 1 aliphatic carbocycles. The van der Waals surface area contributed by atoms with Crippen LogP contribution in [0.2, 0.25) is 5.02 Å². The number of aliphatic hydroxyl groups excluding tert-OH is 1. The highest BCUT2D eigenvalue weighted by Crippen LogP contribution is 2.34. The number of hydrogen-bond acceptors (Lipinski definition) is 3. The van der Waals surface area contributed by atoms with Gasteiger partial charge in [-0.1, -0.05) is 41.5 Å². The van der Waals surface area contributed by atoms with Crippen molar-refractivity contribution in [2.75, 3.05) is 6.61 Å². The molecule has 1 N–H and O–H groups in total. The second kappa shape index (κ2) is 8.90. The van der Waals surface area contributed by atoms with E-state index in [4.69, 9.17) is 21.1 Å². The number of hydrogen-bond donors (Lipinski definition) is 1. The van der Waals surface area contributed by atoms with Gasteiger partial charge >= 0.3 is 0 Å². The summed E-state index contributed by atoms with van der Waals surface area (Å²) in [5, 5.41) is 10.8. The standard InChI is InChI=1S/C22H27ClO3/c1-3-25-20-6-4-5-16(7-9-20)12-18-13-17(8-10-21(18)23)22-14-19(24)11-15(2)26-22/h4,6-10,13,15,19,22,24H,3,5,11-12,14H2,1-2H3/t15-,19+,22-/m1/s1. The summed E-state index contributed by atoms with van der Waals surface area (Å²) in [5.41, 5.74) is 3.46. The van der Waals surface area contributed by atoms with Crippen molar-refractivity contribution in [3.63, 3.8) is 0 Å². The molecular formula is C22H27ClO3. The molecule has 3 atom stereocenters. The summed E-state index contributed by atoms with van der Waals surface area (Å²) < 4.78 is 11.6. The van der Waals surface area contributed by atoms with E-state index < -0.39 is 0 Å². The highest BCUT2D eigenvalue weighted by Gasteiger charge is 2.27. The van der Waals surface area contributed by atoms with Gasteiger partial charge in [0.15, 0.2) is 0 Å². The van der Waals surface area contributed by atoms with Crippen LogP contribution in [0.5, 0.6) is 0 Å². The van der Waals surface area contributed by atoms with E-state index in [1.54, 1.807) is 0 Å². The molecule has 0 radical (unpaired) electrons. The summed E-state index contributed by atoms with van der Waals surface area (Å²) in [7, 11) is 0. The van der Waals surface area contributed by atoms with Gasteiger partial charge in [0, 0.05) is 11.4 Å². The molecular weight excluding hydrogens is 348 g/mol. The maximum atomic E-state index is 10.1. The summed E-state index contributed by atoms with van der Waals surface area (Å²) in [4.78, 5) is 0. The van der Waals surface area contributed by atoms with Gasteiger partial charge in [0.05, 0.1) is 24.9 Å². The molecule has 1 fully saturated rings. The highest BCUT2D eigenvalue weighted by atomic mass is 35.5. The zero-order valence-corrected chi connectivity index (χ0v) is 16.2. The van der Waals surface area contributed by atoms with Crippen molar-refractivity contribution in [1.29, 1.82) is 0 Å². The fourth-order valence-corrected chi connectivity index (χ4v) is 3.74. The Bertz CT molecular complexity index is 710. The molecule has 1 aromatic carbocycles. The van der Waals surface area contributed by atoms with Gasteiger partial charge in [-0.2, -0.15) is 0 Å². The highest BCUT2D eigenvalue weighted by molar-refractivity contribution is 6.31. The van der Waals surface area contributed by atoms with Gasteiger partial charge in [-0.25, -0.2) is 0 Å². The lowest BCUT2D eigenvalue weighted by molar-refractivity contribution is -0.0895. The van der Waals surface area contributed by atoms with E-state index in [-0.39, 0.29) is 18.3 Å². The maximum Gasteiger partial charge on any atom is 0.118 e. The first kappa shape index (κ1) is 19.2. The summed E-state index contributed by atoms with van der Waals surface area (Å²) in [6, 6.07) is 6.08. The van der Waals surface area contributed by atoms with Crippen molar-refractivity contribution in [3.05, 3.63) is 70.0 Å². The third-order valence-electron chi connectivity index (χ3n) is 4.80. The number of ether oxygens (including phenoxy) is 2. The Labute approximate surface area is 161 Å². The molecule has 0 aromatic heterocycles. The maximum absolute atomic E-state index is 10.1. The first-order valence-corrected chi connectivity index (χ1v) is 9.74. The lowest BCUT2D eigenvalue weighted by Gasteiger charge is -2.32. The molecule has 1 heterocycles. The van der Waals surface area contributed by atoms with Crippen LogP contribution in [0.25, 0.3) is 0 Å². The van der Waals surface area contributed by atoms with Gasteiger partial charge < -0.3 is 14.6 Å². The number of allylic oxidation sites excluding steroid dienone is 5. The SMILES string of the molecule is CCOC1=CC=C(Cc2cc([C@H]3C[C@@H](O)C[C@@H](C)O3)ccc2Cl)CC=C1. The van der Waals surface area contributed by atoms with E-state index in [2.05, 4.69) is 18.2 Å². The molecule has 1 saturated heterocycles. The van der Waals surface area contributed by atoms with Crippen LogP contribution >= 0.6 is 11.6 Å². The minimum atomic E-state index is -0.306. The summed E-state index contributed by atoms with van der Waals surface area (Å²) in [6.07, 6.45) is 11.0. The minimum Gasteiger partial charge on any atom is -0.494 e. The second-order valence-electron chi connectivity index (χ2n) is 7.02. The van der Waals surface area contributed by atoms with Crippen LogP contribution in [0.1, 0.15) is 50.3 Å². The normalized spacial score (nSPS) is 26.1. The van der Waals surface area contributed by atoms with Crippen LogP contribution < -0.4 is 0 Å². The number of rotatable bonds is 5. The smallest absolute Gasteiger partial charge is 0.118 e. The fourth-order valence-electron chi connectivity index (χ4n) is 3.55. The zero-order valence-electron chi connectivity index (χ0n) is 15.5. The molecule has 0 amide bonds. The number of aliphatic hydroxyl groups is 1. The Hall–Kier alpha value is -1.55. The van der Waals surface area contributed by atoms with Crippen molar-refractivity contribution in [2.24, 2.45) is 0 Å². The molecule has 3 rings (SSSR count). The van der Waals surface area contributed by atoms with Gasteiger partial charge in [0.1, 0.15) is 5.76 Å². The summed E-state index contributed by atoms with van der Waals surface area (Å²) in [5.74, 6) is 0.890. The molecule has 0 unspecified atom stereocenters. The van der Waals surface area contributed by atoms with Gasteiger partial charge in [-0.05, 0) is 62.5 Å². The predicted molar refractivity (Wildman–Crippen MR) is 105 cm³/mol. The van der Waals surface area contributed by atoms with Crippen LogP contribution in [-0.2, 0) is 15.9 Å². The van der Waals surface area contributed by atoms with E-state index in [1.807, 2.05) is 38.1 Å². The Balaban J connectivity index is 1.77. The largest absolute Gasteiger partial charge is 0.494 e. The topological polar surface area (TPSA) is 38.7 Å². The molecule has 2 aliphatic rings. The van der Waals surface area contributed by atoms with Gasteiger partial charge in [-0.3, -0.25) is 0 Å². The van der Waals surface area contributed by atoms with Crippen molar-refractivity contribution in [2.45, 2.75) is 57.8 Å². The molecule has 140 valence electrons. The van der Waals surface area contributed by atoms with Gasteiger partial charge in [0.2, 0.25) is 0 Å². The molecule has 0 spiro atoms. The van der Waals surface area contributed by atoms with Gasteiger partial charge in [-0.15, -0.1) is 0 Å². The Kier molecular flexibility index (Phi) is 6.58. The monoisotopic (exact) mass is 374 g/mol. The average molecular weight is 375 g/mol. The molecule has 1 aliphatic heterocycles. The molecule has 1 aromatic rings. The van der Waals surface area contributed by atoms with E-state index in [0.717, 1.165) is 34.8 Å². The average Bonchev–Trinajstić information content (AvgIpc) is 2.82. The van der Waals surface area contributed by atoms with Crippen LogP contribution in [0.15, 0.2) is 53.8 Å². The molecule has 26 heavy (non-hydrogen) atoms. The van der Waals surface area contributed by atoms with Crippen molar-refractivity contribution in [1.82, 2.24) is 0 Å². The lowest BCUT2D eigenvalue weighted by atomic mass is 9.94. The third kappa shape index (κ3) is 5.00. The van der Waals surface area contributed by atoms with Crippen LogP contribution in [0, 0.1) is 0 Å². The fraction of sp³-hybridized carbons (Fsp3) is 0.455. The number of halogens is 1. The zero-order chi connectivity index (χ0) is 18.5. The molecule has 0 bridgehead atoms. The van der Waals surface area contributed by atoms with E-state index in [9.17, 15) is 5.11 Å². The van der Waals surface area contributed by atoms with Crippen molar-refractivity contribution >= 4 is 11.6 Å². The van der Waals surface area contributed by atoms with Gasteiger partial charge in [0.25, 0.3) is 0 Å². The minimum absolute atomic E-state index is 0.0692. The predicted octanol–water partition coefficient (Wildman–Crippen LogP) is 5.29. The Morgan fingerprint density at radius 2 is 2.12 bits per heavy atom. The lowest BCUT2D eigenvalue weighted by Crippen LogP contribution is -2.29. The number of benzene rings is 1. The summed E-state index contributed by atoms with van der Waals surface area (Å²) in [6.45, 7) is 4.66. The quantitative estimate of drug-likeness (QED) is 0.761. The van der Waals surface area contributed by atoms with E-state index in [0.29, 0.717) is 19.4 Å². The Morgan fingerprint density at radius 3 is 2.88 bits per heavy atom. The van der Waals surface area contributed by atoms with E-state index >= 15 is 0 Å². The second-order valence-corrected chi connectivity index (χ2v) is 7.43. The molecule has 3 nitrogen and oxygen atoms in total. The van der Waals surface area contributed by atoms with Crippen LogP contribution in [-0.4, -0.2) is 23.9 Å². The molecule has 4 heteroatoms. The van der Waals surface area contributed by atoms with Crippen LogP contribution in [0.3, 0.4) is 0 Å².